The zero-order chi connectivity index (χ0) is 25.8. The Morgan fingerprint density at radius 2 is 1.49 bits per heavy atom. The van der Waals surface area contributed by atoms with Crippen molar-refractivity contribution in [2.75, 3.05) is 13.2 Å². The van der Waals surface area contributed by atoms with Crippen molar-refractivity contribution in [3.05, 3.63) is 129 Å². The first kappa shape index (κ1) is 24.5. The number of para-hydroxylation sites is 2. The van der Waals surface area contributed by atoms with Gasteiger partial charge in [-0.2, -0.15) is 0 Å². The molecular formula is C29H29N3O5. The molecule has 0 saturated heterocycles. The van der Waals surface area contributed by atoms with Crippen molar-refractivity contribution in [1.29, 1.82) is 0 Å². The molecule has 5 rings (SSSR count). The van der Waals surface area contributed by atoms with E-state index in [1.54, 1.807) is 30.3 Å². The number of hydrogen-bond acceptors (Lipinski definition) is 5. The maximum absolute atomic E-state index is 13.5. The Morgan fingerprint density at radius 1 is 0.865 bits per heavy atom. The van der Waals surface area contributed by atoms with E-state index >= 15 is 0 Å². The van der Waals surface area contributed by atoms with E-state index in [2.05, 4.69) is 0 Å². The third kappa shape index (κ3) is 4.94. The first-order valence-electron chi connectivity index (χ1n) is 12.3. The van der Waals surface area contributed by atoms with E-state index in [4.69, 9.17) is 4.74 Å². The predicted molar refractivity (Wildman–Crippen MR) is 140 cm³/mol. The first-order chi connectivity index (χ1) is 18.1. The number of aliphatic hydroxyl groups is 2. The van der Waals surface area contributed by atoms with Gasteiger partial charge in [0.25, 0.3) is 0 Å². The number of rotatable bonds is 9. The van der Waals surface area contributed by atoms with Gasteiger partial charge in [-0.1, -0.05) is 66.7 Å². The van der Waals surface area contributed by atoms with E-state index in [1.807, 2.05) is 60.7 Å². The van der Waals surface area contributed by atoms with Gasteiger partial charge in [-0.05, 0) is 53.8 Å². The molecule has 8 heteroatoms. The molecular weight excluding hydrogens is 470 g/mol. The van der Waals surface area contributed by atoms with Crippen LogP contribution < -0.4 is 16.1 Å². The number of aromatic nitrogens is 3. The van der Waals surface area contributed by atoms with Crippen LogP contribution in [0.1, 0.15) is 18.0 Å². The Balaban J connectivity index is 1.55. The summed E-state index contributed by atoms with van der Waals surface area (Å²) in [6.07, 6.45) is 0.0641. The van der Waals surface area contributed by atoms with Gasteiger partial charge in [0.05, 0.1) is 24.9 Å². The highest BCUT2D eigenvalue weighted by Crippen LogP contribution is 2.30. The largest absolute Gasteiger partial charge is 0.489 e. The van der Waals surface area contributed by atoms with Gasteiger partial charge in [0.1, 0.15) is 18.4 Å². The lowest BCUT2D eigenvalue weighted by Crippen LogP contribution is -2.42. The van der Waals surface area contributed by atoms with Gasteiger partial charge in [-0.25, -0.2) is 23.5 Å². The highest BCUT2D eigenvalue weighted by atomic mass is 16.5. The molecule has 2 heterocycles. The van der Waals surface area contributed by atoms with Crippen LogP contribution in [-0.2, 0) is 13.0 Å². The molecule has 0 spiro atoms. The minimum atomic E-state index is -0.942. The van der Waals surface area contributed by atoms with Crippen LogP contribution in [0.15, 0.2) is 112 Å². The summed E-state index contributed by atoms with van der Waals surface area (Å²) >= 11 is 0. The van der Waals surface area contributed by atoms with E-state index in [0.717, 1.165) is 10.1 Å². The van der Waals surface area contributed by atoms with Crippen LogP contribution in [0.4, 0.5) is 0 Å². The standard InChI is InChI=1S/C29H29N3O5/c33-19-25-27(26(34)17-16-21-10-4-1-5-11-21)22(20-37-24-14-8-3-9-15-24)18-30-28(35)31(29(36)32(25)30)23-12-6-2-7-13-23/h1-15,25-26,33-34H,16-20H2/t25-,26+/m0/s1. The zero-order valence-electron chi connectivity index (χ0n) is 20.3. The van der Waals surface area contributed by atoms with E-state index in [9.17, 15) is 19.8 Å². The minimum absolute atomic E-state index is 0.0645. The molecule has 3 aromatic carbocycles. The van der Waals surface area contributed by atoms with Crippen LogP contribution in [0.5, 0.6) is 5.75 Å². The van der Waals surface area contributed by atoms with E-state index in [0.29, 0.717) is 35.4 Å². The Morgan fingerprint density at radius 3 is 2.14 bits per heavy atom. The Labute approximate surface area is 213 Å². The number of aliphatic hydroxyl groups excluding tert-OH is 2. The average Bonchev–Trinajstić information content (AvgIpc) is 3.20. The molecule has 1 aliphatic rings. The van der Waals surface area contributed by atoms with Crippen LogP contribution in [-0.4, -0.2) is 43.5 Å². The number of fused-ring (bicyclic) bond motifs is 1. The van der Waals surface area contributed by atoms with Crippen LogP contribution in [0.3, 0.4) is 0 Å². The van der Waals surface area contributed by atoms with Gasteiger partial charge in [0.15, 0.2) is 0 Å². The van der Waals surface area contributed by atoms with Gasteiger partial charge < -0.3 is 14.9 Å². The molecule has 0 amide bonds. The van der Waals surface area contributed by atoms with E-state index in [-0.39, 0.29) is 13.2 Å². The topological polar surface area (TPSA) is 98.6 Å². The summed E-state index contributed by atoms with van der Waals surface area (Å²) in [7, 11) is 0. The second kappa shape index (κ2) is 10.9. The number of ether oxygens (including phenoxy) is 1. The van der Waals surface area contributed by atoms with E-state index in [1.165, 1.54) is 9.36 Å². The van der Waals surface area contributed by atoms with Gasteiger partial charge in [-0.15, -0.1) is 0 Å². The quantitative estimate of drug-likeness (QED) is 0.345. The molecule has 8 nitrogen and oxygen atoms in total. The molecule has 2 N–H and O–H groups in total. The van der Waals surface area contributed by atoms with Crippen molar-refractivity contribution in [2.24, 2.45) is 0 Å². The van der Waals surface area contributed by atoms with Gasteiger partial charge in [0.2, 0.25) is 0 Å². The molecule has 37 heavy (non-hydrogen) atoms. The lowest BCUT2D eigenvalue weighted by Gasteiger charge is -2.32. The van der Waals surface area contributed by atoms with Crippen LogP contribution >= 0.6 is 0 Å². The Hall–Kier alpha value is -4.14. The van der Waals surface area contributed by atoms with Gasteiger partial charge >= 0.3 is 11.4 Å². The molecule has 4 aromatic rings. The van der Waals surface area contributed by atoms with Crippen LogP contribution in [0.2, 0.25) is 0 Å². The molecule has 2 atom stereocenters. The number of nitrogens with zero attached hydrogens (tertiary/aromatic N) is 3. The van der Waals surface area contributed by atoms with Crippen LogP contribution in [0.25, 0.3) is 5.69 Å². The fourth-order valence-electron chi connectivity index (χ4n) is 4.93. The number of aryl methyl sites for hydroxylation is 1. The van der Waals surface area contributed by atoms with Gasteiger partial charge in [-0.3, -0.25) is 0 Å². The summed E-state index contributed by atoms with van der Waals surface area (Å²) in [5, 5.41) is 21.9. The summed E-state index contributed by atoms with van der Waals surface area (Å²) in [6, 6.07) is 26.9. The maximum Gasteiger partial charge on any atom is 0.352 e. The fraction of sp³-hybridized carbons (Fsp3) is 0.241. The van der Waals surface area contributed by atoms with Crippen molar-refractivity contribution in [2.45, 2.75) is 31.5 Å². The summed E-state index contributed by atoms with van der Waals surface area (Å²) in [4.78, 5) is 26.9. The van der Waals surface area contributed by atoms with Crippen LogP contribution in [0, 0.1) is 0 Å². The maximum atomic E-state index is 13.5. The summed E-state index contributed by atoms with van der Waals surface area (Å²) < 4.78 is 9.69. The molecule has 0 bridgehead atoms. The zero-order valence-corrected chi connectivity index (χ0v) is 20.3. The Bertz CT molecular complexity index is 1490. The molecule has 0 fully saturated rings. The van der Waals surface area contributed by atoms with Crippen molar-refractivity contribution >= 4 is 0 Å². The first-order valence-corrected chi connectivity index (χ1v) is 12.3. The van der Waals surface area contributed by atoms with Crippen molar-refractivity contribution in [3.63, 3.8) is 0 Å². The molecule has 0 radical (unpaired) electrons. The predicted octanol–water partition coefficient (Wildman–Crippen LogP) is 2.72. The average molecular weight is 500 g/mol. The third-order valence-corrected chi connectivity index (χ3v) is 6.71. The minimum Gasteiger partial charge on any atom is -0.489 e. The fourth-order valence-corrected chi connectivity index (χ4v) is 4.93. The third-order valence-electron chi connectivity index (χ3n) is 6.71. The van der Waals surface area contributed by atoms with Crippen molar-refractivity contribution < 1.29 is 14.9 Å². The molecule has 0 saturated carbocycles. The number of hydrogen-bond donors (Lipinski definition) is 2. The summed E-state index contributed by atoms with van der Waals surface area (Å²) in [5.74, 6) is 0.644. The van der Waals surface area contributed by atoms with E-state index < -0.39 is 30.1 Å². The molecule has 1 aliphatic heterocycles. The van der Waals surface area contributed by atoms with Crippen molar-refractivity contribution in [1.82, 2.24) is 13.9 Å². The molecule has 190 valence electrons. The lowest BCUT2D eigenvalue weighted by molar-refractivity contribution is 0.142. The summed E-state index contributed by atoms with van der Waals surface area (Å²) in [5.41, 5.74) is 1.62. The van der Waals surface area contributed by atoms with Crippen molar-refractivity contribution in [3.8, 4) is 11.4 Å². The Kier molecular flexibility index (Phi) is 7.20. The monoisotopic (exact) mass is 499 g/mol. The highest BCUT2D eigenvalue weighted by molar-refractivity contribution is 5.33. The molecule has 1 aromatic heterocycles. The highest BCUT2D eigenvalue weighted by Gasteiger charge is 2.35. The SMILES string of the molecule is O=c1n(-c2ccccc2)c(=O)n2n1CC(COc1ccccc1)=C([C@H](O)CCc1ccccc1)[C@@H]2CO. The summed E-state index contributed by atoms with van der Waals surface area (Å²) in [6.45, 7) is -0.283. The second-order valence-corrected chi connectivity index (χ2v) is 9.04. The second-order valence-electron chi connectivity index (χ2n) is 9.04. The smallest absolute Gasteiger partial charge is 0.352 e. The molecule has 0 unspecified atom stereocenters. The molecule has 0 aliphatic carbocycles. The number of benzene rings is 3. The normalized spacial score (nSPS) is 15.9. The lowest BCUT2D eigenvalue weighted by atomic mass is 9.91. The van der Waals surface area contributed by atoms with Gasteiger partial charge in [0, 0.05) is 0 Å².